The van der Waals surface area contributed by atoms with Gasteiger partial charge in [0.2, 0.25) is 0 Å². The van der Waals surface area contributed by atoms with Gasteiger partial charge in [0.1, 0.15) is 5.03 Å². The summed E-state index contributed by atoms with van der Waals surface area (Å²) in [6, 6.07) is 4.23. The number of nitrogens with one attached hydrogen (secondary N) is 1. The number of rotatable bonds is 3. The Kier molecular flexibility index (Phi) is 3.49. The molecule has 2 atom stereocenters. The van der Waals surface area contributed by atoms with Crippen LogP contribution in [0, 0.1) is 6.92 Å². The van der Waals surface area contributed by atoms with Crippen molar-refractivity contribution in [3.05, 3.63) is 23.9 Å². The van der Waals surface area contributed by atoms with Crippen LogP contribution in [0.4, 0.5) is 0 Å². The molecule has 0 amide bonds. The van der Waals surface area contributed by atoms with Crippen molar-refractivity contribution < 1.29 is 4.21 Å². The topological polar surface area (TPSA) is 42.0 Å². The molecule has 15 heavy (non-hydrogen) atoms. The Hall–Kier alpha value is -0.740. The first-order valence-electron chi connectivity index (χ1n) is 5.30. The molecule has 1 saturated heterocycles. The van der Waals surface area contributed by atoms with Crippen LogP contribution in [-0.4, -0.2) is 27.5 Å². The molecule has 0 aromatic carbocycles. The Labute approximate surface area is 92.8 Å². The van der Waals surface area contributed by atoms with E-state index < -0.39 is 10.8 Å². The predicted molar refractivity (Wildman–Crippen MR) is 61.3 cm³/mol. The van der Waals surface area contributed by atoms with E-state index in [4.69, 9.17) is 0 Å². The van der Waals surface area contributed by atoms with Gasteiger partial charge in [-0.05, 0) is 37.9 Å². The van der Waals surface area contributed by atoms with E-state index in [1.165, 1.54) is 6.42 Å². The first-order chi connectivity index (χ1) is 7.25. The standard InChI is InChI=1S/C11H16N2OS/c1-9-4-5-11(13-7-9)15(14)8-10-3-2-6-12-10/h4-5,7,10,12H,2-3,6,8H2,1H3/t10-,15+/m0/s1. The summed E-state index contributed by atoms with van der Waals surface area (Å²) in [6.07, 6.45) is 4.11. The van der Waals surface area contributed by atoms with Gasteiger partial charge >= 0.3 is 0 Å². The van der Waals surface area contributed by atoms with Crippen molar-refractivity contribution in [3.8, 4) is 0 Å². The molecule has 0 radical (unpaired) electrons. The zero-order valence-electron chi connectivity index (χ0n) is 8.90. The average molecular weight is 224 g/mol. The van der Waals surface area contributed by atoms with Gasteiger partial charge < -0.3 is 5.32 Å². The Morgan fingerprint density at radius 1 is 1.60 bits per heavy atom. The number of aromatic nitrogens is 1. The Morgan fingerprint density at radius 3 is 3.07 bits per heavy atom. The fourth-order valence-electron chi connectivity index (χ4n) is 1.76. The quantitative estimate of drug-likeness (QED) is 0.840. The zero-order chi connectivity index (χ0) is 10.7. The van der Waals surface area contributed by atoms with Crippen LogP contribution in [0.1, 0.15) is 18.4 Å². The van der Waals surface area contributed by atoms with Crippen LogP contribution in [-0.2, 0) is 10.8 Å². The number of pyridine rings is 1. The molecule has 0 aliphatic carbocycles. The molecule has 1 aromatic heterocycles. The summed E-state index contributed by atoms with van der Waals surface area (Å²) in [5.74, 6) is 0.691. The third-order valence-electron chi connectivity index (χ3n) is 2.63. The second kappa shape index (κ2) is 4.86. The van der Waals surface area contributed by atoms with Crippen molar-refractivity contribution in [1.82, 2.24) is 10.3 Å². The van der Waals surface area contributed by atoms with E-state index in [1.54, 1.807) is 6.20 Å². The van der Waals surface area contributed by atoms with Crippen LogP contribution in [0.2, 0.25) is 0 Å². The second-order valence-electron chi connectivity index (χ2n) is 3.98. The lowest BCUT2D eigenvalue weighted by Gasteiger charge is -2.08. The van der Waals surface area contributed by atoms with Crippen LogP contribution in [0.25, 0.3) is 0 Å². The number of hydrogen-bond acceptors (Lipinski definition) is 3. The van der Waals surface area contributed by atoms with Crippen LogP contribution in [0.5, 0.6) is 0 Å². The van der Waals surface area contributed by atoms with E-state index in [-0.39, 0.29) is 0 Å². The summed E-state index contributed by atoms with van der Waals surface area (Å²) in [7, 11) is -0.955. The minimum atomic E-state index is -0.955. The first-order valence-corrected chi connectivity index (χ1v) is 6.62. The largest absolute Gasteiger partial charge is 0.313 e. The summed E-state index contributed by atoms with van der Waals surface area (Å²) in [5.41, 5.74) is 1.11. The molecule has 1 aliphatic heterocycles. The highest BCUT2D eigenvalue weighted by Crippen LogP contribution is 2.10. The highest BCUT2D eigenvalue weighted by atomic mass is 32.2. The van der Waals surface area contributed by atoms with Crippen molar-refractivity contribution in [2.75, 3.05) is 12.3 Å². The number of nitrogens with zero attached hydrogens (tertiary/aromatic N) is 1. The van der Waals surface area contributed by atoms with Gasteiger partial charge in [-0.2, -0.15) is 0 Å². The van der Waals surface area contributed by atoms with Gasteiger partial charge in [-0.1, -0.05) is 6.07 Å². The van der Waals surface area contributed by atoms with Crippen LogP contribution in [0.3, 0.4) is 0 Å². The fourth-order valence-corrected chi connectivity index (χ4v) is 2.97. The third-order valence-corrected chi connectivity index (χ3v) is 4.05. The molecule has 1 aromatic rings. The maximum Gasteiger partial charge on any atom is 0.127 e. The molecule has 2 heterocycles. The molecule has 0 bridgehead atoms. The Morgan fingerprint density at radius 2 is 2.47 bits per heavy atom. The minimum Gasteiger partial charge on any atom is -0.313 e. The summed E-state index contributed by atoms with van der Waals surface area (Å²) in [5, 5.41) is 4.05. The lowest BCUT2D eigenvalue weighted by Crippen LogP contribution is -2.27. The van der Waals surface area contributed by atoms with Crippen molar-refractivity contribution in [2.24, 2.45) is 0 Å². The van der Waals surface area contributed by atoms with Crippen LogP contribution >= 0.6 is 0 Å². The molecular formula is C11H16N2OS. The lowest BCUT2D eigenvalue weighted by atomic mass is 10.3. The SMILES string of the molecule is Cc1ccc([S@](=O)C[C@@H]2CCCN2)nc1. The van der Waals surface area contributed by atoms with E-state index >= 15 is 0 Å². The summed E-state index contributed by atoms with van der Waals surface area (Å²) < 4.78 is 11.9. The normalized spacial score (nSPS) is 22.9. The van der Waals surface area contributed by atoms with E-state index in [9.17, 15) is 4.21 Å². The molecule has 3 nitrogen and oxygen atoms in total. The fraction of sp³-hybridized carbons (Fsp3) is 0.545. The molecule has 0 saturated carbocycles. The van der Waals surface area contributed by atoms with Gasteiger partial charge in [-0.3, -0.25) is 4.21 Å². The smallest absolute Gasteiger partial charge is 0.127 e. The maximum absolute atomic E-state index is 11.9. The van der Waals surface area contributed by atoms with Crippen LogP contribution < -0.4 is 5.32 Å². The van der Waals surface area contributed by atoms with E-state index in [0.29, 0.717) is 16.8 Å². The Bertz CT molecular complexity index is 344. The van der Waals surface area contributed by atoms with Crippen molar-refractivity contribution in [3.63, 3.8) is 0 Å². The Balaban J connectivity index is 1.98. The molecule has 4 heteroatoms. The second-order valence-corrected chi connectivity index (χ2v) is 5.42. The monoisotopic (exact) mass is 224 g/mol. The highest BCUT2D eigenvalue weighted by Gasteiger charge is 2.18. The van der Waals surface area contributed by atoms with Gasteiger partial charge in [-0.15, -0.1) is 0 Å². The van der Waals surface area contributed by atoms with E-state index in [0.717, 1.165) is 18.5 Å². The average Bonchev–Trinajstić information content (AvgIpc) is 2.71. The molecule has 82 valence electrons. The van der Waals surface area contributed by atoms with Crippen molar-refractivity contribution in [1.29, 1.82) is 0 Å². The number of hydrogen-bond donors (Lipinski definition) is 1. The van der Waals surface area contributed by atoms with Gasteiger partial charge in [-0.25, -0.2) is 4.98 Å². The first kappa shape index (κ1) is 10.8. The van der Waals surface area contributed by atoms with Crippen molar-refractivity contribution in [2.45, 2.75) is 30.8 Å². The van der Waals surface area contributed by atoms with Gasteiger partial charge in [0.25, 0.3) is 0 Å². The molecular weight excluding hydrogens is 208 g/mol. The maximum atomic E-state index is 11.9. The van der Waals surface area contributed by atoms with Gasteiger partial charge in [0.05, 0.1) is 10.8 Å². The summed E-state index contributed by atoms with van der Waals surface area (Å²) in [6.45, 7) is 3.04. The number of aryl methyl sites for hydroxylation is 1. The molecule has 1 aliphatic rings. The molecule has 1 fully saturated rings. The molecule has 0 spiro atoms. The summed E-state index contributed by atoms with van der Waals surface area (Å²) in [4.78, 5) is 4.19. The van der Waals surface area contributed by atoms with E-state index in [2.05, 4.69) is 10.3 Å². The lowest BCUT2D eigenvalue weighted by molar-refractivity contribution is 0.641. The molecule has 0 unspecified atom stereocenters. The molecule has 2 rings (SSSR count). The van der Waals surface area contributed by atoms with Gasteiger partial charge in [0.15, 0.2) is 0 Å². The third kappa shape index (κ3) is 2.86. The van der Waals surface area contributed by atoms with Crippen molar-refractivity contribution >= 4 is 10.8 Å². The minimum absolute atomic E-state index is 0.411. The summed E-state index contributed by atoms with van der Waals surface area (Å²) >= 11 is 0. The van der Waals surface area contributed by atoms with E-state index in [1.807, 2.05) is 19.1 Å². The van der Waals surface area contributed by atoms with Gasteiger partial charge in [0, 0.05) is 18.0 Å². The zero-order valence-corrected chi connectivity index (χ0v) is 9.72. The van der Waals surface area contributed by atoms with Crippen LogP contribution in [0.15, 0.2) is 23.4 Å². The molecule has 1 N–H and O–H groups in total. The highest BCUT2D eigenvalue weighted by molar-refractivity contribution is 7.85. The predicted octanol–water partition coefficient (Wildman–Crippen LogP) is 1.25.